The van der Waals surface area contributed by atoms with Crippen LogP contribution in [-0.2, 0) is 17.9 Å². The van der Waals surface area contributed by atoms with Gasteiger partial charge in [0, 0.05) is 43.5 Å². The molecule has 0 unspecified atom stereocenters. The number of halogens is 1. The minimum absolute atomic E-state index is 0.0475. The number of aromatic amines is 1. The van der Waals surface area contributed by atoms with Gasteiger partial charge in [0.2, 0.25) is 5.91 Å². The molecular formula is C19H21ClN8O3. The Labute approximate surface area is 181 Å². The summed E-state index contributed by atoms with van der Waals surface area (Å²) in [5.74, 6) is -0.313. The normalized spacial score (nSPS) is 15.9. The van der Waals surface area contributed by atoms with Gasteiger partial charge in [-0.3, -0.25) is 14.2 Å². The maximum atomic E-state index is 12.8. The molecule has 0 aliphatic carbocycles. The van der Waals surface area contributed by atoms with Crippen LogP contribution in [0.25, 0.3) is 11.0 Å². The van der Waals surface area contributed by atoms with Crippen molar-refractivity contribution in [2.75, 3.05) is 18.4 Å². The molecule has 1 fully saturated rings. The first-order chi connectivity index (χ1) is 14.9. The van der Waals surface area contributed by atoms with Crippen molar-refractivity contribution >= 4 is 40.4 Å². The number of nitrogens with two attached hydrogens (primary N) is 1. The number of likely N-dealkylation sites (tertiary alicyclic amines) is 1. The second kappa shape index (κ2) is 8.64. The topological polar surface area (TPSA) is 151 Å². The fourth-order valence-electron chi connectivity index (χ4n) is 3.47. The Kier molecular flexibility index (Phi) is 5.76. The van der Waals surface area contributed by atoms with Crippen molar-refractivity contribution in [2.24, 2.45) is 5.73 Å². The Morgan fingerprint density at radius 1 is 1.32 bits per heavy atom. The zero-order chi connectivity index (χ0) is 22.0. The van der Waals surface area contributed by atoms with E-state index in [1.54, 1.807) is 12.4 Å². The summed E-state index contributed by atoms with van der Waals surface area (Å²) in [5, 5.41) is 6.76. The van der Waals surface area contributed by atoms with Crippen LogP contribution in [0.4, 0.5) is 10.6 Å². The monoisotopic (exact) mass is 444 g/mol. The molecule has 11 nitrogen and oxygen atoms in total. The first kappa shape index (κ1) is 20.7. The van der Waals surface area contributed by atoms with E-state index in [0.717, 1.165) is 21.2 Å². The number of pyridine rings is 1. The van der Waals surface area contributed by atoms with Crippen LogP contribution in [-0.4, -0.2) is 55.5 Å². The maximum absolute atomic E-state index is 12.8. The second-order valence-corrected chi connectivity index (χ2v) is 7.66. The number of nitrogens with zero attached hydrogens (tertiary/aromatic N) is 4. The quantitative estimate of drug-likeness (QED) is 0.438. The van der Waals surface area contributed by atoms with E-state index < -0.39 is 11.6 Å². The van der Waals surface area contributed by atoms with Crippen LogP contribution in [0.5, 0.6) is 0 Å². The summed E-state index contributed by atoms with van der Waals surface area (Å²) in [6, 6.07) is 3.15. The Hall–Kier alpha value is -3.60. The van der Waals surface area contributed by atoms with Crippen LogP contribution < -0.4 is 21.9 Å². The van der Waals surface area contributed by atoms with Crippen molar-refractivity contribution in [3.63, 3.8) is 0 Å². The Bertz CT molecular complexity index is 1190. The summed E-state index contributed by atoms with van der Waals surface area (Å²) in [5.41, 5.74) is 6.37. The SMILES string of the molecule is NC(=O)N1CC[C@H](Nc2ncc(Cl)n(CC(=O)NCc3cnc4[nH]ccc4c3)c2=O)C1. The summed E-state index contributed by atoms with van der Waals surface area (Å²) in [6.07, 6.45) is 5.40. The predicted molar refractivity (Wildman–Crippen MR) is 115 cm³/mol. The number of H-pyrrole nitrogens is 1. The second-order valence-electron chi connectivity index (χ2n) is 7.27. The number of rotatable bonds is 6. The number of hydrogen-bond acceptors (Lipinski definition) is 6. The molecule has 1 atom stereocenters. The molecule has 12 heteroatoms. The molecule has 1 aliphatic heterocycles. The fraction of sp³-hybridized carbons (Fsp3) is 0.316. The van der Waals surface area contributed by atoms with Gasteiger partial charge >= 0.3 is 6.03 Å². The molecule has 1 aliphatic rings. The van der Waals surface area contributed by atoms with Crippen molar-refractivity contribution in [3.05, 3.63) is 51.8 Å². The van der Waals surface area contributed by atoms with Crippen molar-refractivity contribution < 1.29 is 9.59 Å². The largest absolute Gasteiger partial charge is 0.361 e. The van der Waals surface area contributed by atoms with Crippen molar-refractivity contribution in [1.82, 2.24) is 29.7 Å². The number of carbonyl (C=O) groups excluding carboxylic acids is 2. The summed E-state index contributed by atoms with van der Waals surface area (Å²) in [4.78, 5) is 49.3. The summed E-state index contributed by atoms with van der Waals surface area (Å²) < 4.78 is 1.14. The molecule has 0 bridgehead atoms. The standard InChI is InChI=1S/C19H21ClN8O3/c20-14-8-25-17(26-13-2-4-27(9-13)19(21)31)18(30)28(14)10-15(29)23-6-11-5-12-1-3-22-16(12)24-7-11/h1,3,5,7-8,13H,2,4,6,9-10H2,(H2,21,31)(H,22,24)(H,23,29)(H,25,26)/t13-/m0/s1. The van der Waals surface area contributed by atoms with Gasteiger partial charge in [-0.1, -0.05) is 11.6 Å². The molecule has 0 saturated carbocycles. The summed E-state index contributed by atoms with van der Waals surface area (Å²) in [7, 11) is 0. The van der Waals surface area contributed by atoms with E-state index in [4.69, 9.17) is 17.3 Å². The first-order valence-electron chi connectivity index (χ1n) is 9.65. The van der Waals surface area contributed by atoms with Crippen LogP contribution in [0.3, 0.4) is 0 Å². The smallest absolute Gasteiger partial charge is 0.314 e. The Morgan fingerprint density at radius 2 is 2.16 bits per heavy atom. The molecule has 3 aromatic rings. The third-order valence-electron chi connectivity index (χ3n) is 5.09. The number of amides is 3. The van der Waals surface area contributed by atoms with Crippen LogP contribution in [0.1, 0.15) is 12.0 Å². The van der Waals surface area contributed by atoms with Crippen LogP contribution >= 0.6 is 11.6 Å². The maximum Gasteiger partial charge on any atom is 0.314 e. The number of nitrogens with one attached hydrogen (secondary N) is 3. The van der Waals surface area contributed by atoms with Gasteiger partial charge in [-0.2, -0.15) is 0 Å². The number of primary amides is 1. The lowest BCUT2D eigenvalue weighted by molar-refractivity contribution is -0.121. The molecule has 3 amide bonds. The number of aromatic nitrogens is 4. The number of carbonyl (C=O) groups is 2. The summed E-state index contributed by atoms with van der Waals surface area (Å²) in [6.45, 7) is 0.882. The molecule has 5 N–H and O–H groups in total. The Balaban J connectivity index is 1.40. The average Bonchev–Trinajstić information content (AvgIpc) is 3.40. The van der Waals surface area contributed by atoms with Gasteiger partial charge < -0.3 is 26.3 Å². The van der Waals surface area contributed by atoms with Crippen LogP contribution in [0.2, 0.25) is 5.15 Å². The molecule has 0 spiro atoms. The molecule has 162 valence electrons. The molecule has 0 aromatic carbocycles. The highest BCUT2D eigenvalue weighted by molar-refractivity contribution is 6.29. The molecular weight excluding hydrogens is 424 g/mol. The highest BCUT2D eigenvalue weighted by atomic mass is 35.5. The minimum Gasteiger partial charge on any atom is -0.361 e. The third-order valence-corrected chi connectivity index (χ3v) is 5.40. The summed E-state index contributed by atoms with van der Waals surface area (Å²) >= 11 is 6.11. The highest BCUT2D eigenvalue weighted by Crippen LogP contribution is 2.14. The van der Waals surface area contributed by atoms with E-state index in [9.17, 15) is 14.4 Å². The molecule has 3 aromatic heterocycles. The van der Waals surface area contributed by atoms with E-state index in [1.807, 2.05) is 12.1 Å². The fourth-order valence-corrected chi connectivity index (χ4v) is 3.65. The lowest BCUT2D eigenvalue weighted by atomic mass is 10.2. The van der Waals surface area contributed by atoms with Crippen LogP contribution in [0.15, 0.2) is 35.5 Å². The van der Waals surface area contributed by atoms with Gasteiger partial charge in [0.1, 0.15) is 17.3 Å². The number of anilines is 1. The number of hydrogen-bond donors (Lipinski definition) is 4. The zero-order valence-electron chi connectivity index (χ0n) is 16.5. The highest BCUT2D eigenvalue weighted by Gasteiger charge is 2.26. The van der Waals surface area contributed by atoms with Gasteiger partial charge in [-0.25, -0.2) is 14.8 Å². The van der Waals surface area contributed by atoms with Crippen molar-refractivity contribution in [3.8, 4) is 0 Å². The van der Waals surface area contributed by atoms with Gasteiger partial charge in [0.15, 0.2) is 5.82 Å². The zero-order valence-corrected chi connectivity index (χ0v) is 17.2. The lowest BCUT2D eigenvalue weighted by Crippen LogP contribution is -2.37. The number of urea groups is 1. The van der Waals surface area contributed by atoms with E-state index in [1.165, 1.54) is 11.1 Å². The molecule has 31 heavy (non-hydrogen) atoms. The molecule has 0 radical (unpaired) electrons. The van der Waals surface area contributed by atoms with Crippen molar-refractivity contribution in [1.29, 1.82) is 0 Å². The number of fused-ring (bicyclic) bond motifs is 1. The van der Waals surface area contributed by atoms with E-state index in [0.29, 0.717) is 19.5 Å². The average molecular weight is 445 g/mol. The van der Waals surface area contributed by atoms with Gasteiger partial charge in [0.05, 0.1) is 6.20 Å². The molecule has 4 heterocycles. The molecule has 4 rings (SSSR count). The van der Waals surface area contributed by atoms with Gasteiger partial charge in [-0.15, -0.1) is 0 Å². The van der Waals surface area contributed by atoms with E-state index >= 15 is 0 Å². The minimum atomic E-state index is -0.518. The van der Waals surface area contributed by atoms with E-state index in [2.05, 4.69) is 25.6 Å². The van der Waals surface area contributed by atoms with Crippen molar-refractivity contribution in [2.45, 2.75) is 25.6 Å². The Morgan fingerprint density at radius 3 is 2.94 bits per heavy atom. The van der Waals surface area contributed by atoms with E-state index in [-0.39, 0.29) is 36.0 Å². The first-order valence-corrected chi connectivity index (χ1v) is 10.0. The third kappa shape index (κ3) is 4.61. The lowest BCUT2D eigenvalue weighted by Gasteiger charge is -2.16. The molecule has 1 saturated heterocycles. The predicted octanol–water partition coefficient (Wildman–Crippen LogP) is 0.654. The van der Waals surface area contributed by atoms with Gasteiger partial charge in [0.25, 0.3) is 5.56 Å². The van der Waals surface area contributed by atoms with Gasteiger partial charge in [-0.05, 0) is 24.1 Å². The van der Waals surface area contributed by atoms with Crippen LogP contribution in [0, 0.1) is 0 Å².